The Kier molecular flexibility index (Phi) is 22.8. The number of unbranched alkanes of at least 4 members (excludes halogenated alkanes) is 10. The second-order valence-electron chi connectivity index (χ2n) is 7.51. The van der Waals surface area contributed by atoms with E-state index in [0.29, 0.717) is 39.3 Å². The number of carbonyl (C=O) groups is 2. The molecule has 176 valence electrons. The van der Waals surface area contributed by atoms with Crippen LogP contribution in [0.25, 0.3) is 0 Å². The number of carbonyl (C=O) groups excluding carboxylic acids is 2. The van der Waals surface area contributed by atoms with Crippen molar-refractivity contribution in [3.8, 4) is 0 Å². The summed E-state index contributed by atoms with van der Waals surface area (Å²) in [6.45, 7) is 1.64. The summed E-state index contributed by atoms with van der Waals surface area (Å²) in [5, 5.41) is 0. The molecule has 0 heterocycles. The molecule has 0 unspecified atom stereocenters. The average molecular weight is 429 g/mol. The van der Waals surface area contributed by atoms with E-state index in [9.17, 15) is 9.59 Å². The summed E-state index contributed by atoms with van der Waals surface area (Å²) in [5.41, 5.74) is 0. The molecule has 0 N–H and O–H groups in total. The van der Waals surface area contributed by atoms with E-state index in [1.54, 1.807) is 14.2 Å². The van der Waals surface area contributed by atoms with Gasteiger partial charge in [-0.05, 0) is 38.5 Å². The minimum atomic E-state index is -0.115. The first-order chi connectivity index (χ1) is 14.7. The lowest BCUT2D eigenvalue weighted by atomic mass is 10.1. The van der Waals surface area contributed by atoms with Gasteiger partial charge < -0.3 is 18.9 Å². The molecule has 0 atom stereocenters. The summed E-state index contributed by atoms with van der Waals surface area (Å²) in [6.07, 6.45) is 19.1. The predicted molar refractivity (Wildman–Crippen MR) is 119 cm³/mol. The first-order valence-electron chi connectivity index (χ1n) is 11.6. The van der Waals surface area contributed by atoms with Gasteiger partial charge in [-0.1, -0.05) is 50.7 Å². The van der Waals surface area contributed by atoms with Crippen LogP contribution in [0.2, 0.25) is 0 Å². The molecule has 0 fully saturated rings. The maximum atomic E-state index is 11.4. The number of allylic oxidation sites excluding steroid dienone is 2. The van der Waals surface area contributed by atoms with Crippen LogP contribution >= 0.6 is 0 Å². The molecule has 0 aliphatic rings. The van der Waals surface area contributed by atoms with Gasteiger partial charge in [0.25, 0.3) is 0 Å². The van der Waals surface area contributed by atoms with Crippen molar-refractivity contribution in [2.24, 2.45) is 0 Å². The number of ether oxygens (including phenoxy) is 4. The van der Waals surface area contributed by atoms with E-state index < -0.39 is 0 Å². The molecule has 0 bridgehead atoms. The maximum Gasteiger partial charge on any atom is 0.305 e. The van der Waals surface area contributed by atoms with Crippen molar-refractivity contribution < 1.29 is 28.5 Å². The van der Waals surface area contributed by atoms with E-state index in [-0.39, 0.29) is 11.9 Å². The van der Waals surface area contributed by atoms with Gasteiger partial charge in [-0.15, -0.1) is 0 Å². The molecular weight excluding hydrogens is 384 g/mol. The zero-order valence-electron chi connectivity index (χ0n) is 19.3. The zero-order chi connectivity index (χ0) is 22.1. The highest BCUT2D eigenvalue weighted by Crippen LogP contribution is 2.10. The van der Waals surface area contributed by atoms with E-state index in [4.69, 9.17) is 18.9 Å². The number of hydrogen-bond donors (Lipinski definition) is 0. The number of esters is 2. The Balaban J connectivity index is 3.24. The van der Waals surface area contributed by atoms with Gasteiger partial charge in [0.2, 0.25) is 0 Å². The molecule has 6 heteroatoms. The van der Waals surface area contributed by atoms with Crippen LogP contribution in [-0.2, 0) is 28.5 Å². The fraction of sp³-hybridized carbons (Fsp3) is 0.833. The van der Waals surface area contributed by atoms with Crippen molar-refractivity contribution in [2.45, 2.75) is 89.9 Å². The Morgan fingerprint density at radius 2 is 0.900 bits per heavy atom. The molecule has 0 amide bonds. The van der Waals surface area contributed by atoms with Crippen LogP contribution in [0.1, 0.15) is 89.9 Å². The van der Waals surface area contributed by atoms with Gasteiger partial charge in [0.05, 0.1) is 13.2 Å². The topological polar surface area (TPSA) is 71.1 Å². The van der Waals surface area contributed by atoms with Crippen molar-refractivity contribution in [3.05, 3.63) is 12.2 Å². The van der Waals surface area contributed by atoms with E-state index in [1.165, 1.54) is 38.5 Å². The molecule has 0 saturated heterocycles. The largest absolute Gasteiger partial charge is 0.463 e. The molecule has 0 aliphatic heterocycles. The van der Waals surface area contributed by atoms with E-state index >= 15 is 0 Å². The number of hydrogen-bond acceptors (Lipinski definition) is 6. The van der Waals surface area contributed by atoms with Gasteiger partial charge in [-0.25, -0.2) is 0 Å². The van der Waals surface area contributed by atoms with Gasteiger partial charge in [0, 0.05) is 27.1 Å². The normalized spacial score (nSPS) is 11.1. The van der Waals surface area contributed by atoms with Gasteiger partial charge in [-0.2, -0.15) is 0 Å². The molecule has 0 aromatic heterocycles. The van der Waals surface area contributed by atoms with Gasteiger partial charge in [0.1, 0.15) is 13.2 Å². The maximum absolute atomic E-state index is 11.4. The predicted octanol–water partition coefficient (Wildman–Crippen LogP) is 5.38. The number of rotatable bonds is 22. The van der Waals surface area contributed by atoms with Crippen LogP contribution in [-0.4, -0.2) is 52.6 Å². The smallest absolute Gasteiger partial charge is 0.305 e. The molecule has 0 rings (SSSR count). The monoisotopic (exact) mass is 428 g/mol. The summed E-state index contributed by atoms with van der Waals surface area (Å²) in [7, 11) is 3.20. The van der Waals surface area contributed by atoms with Crippen molar-refractivity contribution >= 4 is 11.9 Å². The highest BCUT2D eigenvalue weighted by Gasteiger charge is 2.02. The second-order valence-corrected chi connectivity index (χ2v) is 7.51. The quantitative estimate of drug-likeness (QED) is 0.131. The number of methoxy groups -OCH3 is 2. The zero-order valence-corrected chi connectivity index (χ0v) is 19.3. The first kappa shape index (κ1) is 28.6. The highest BCUT2D eigenvalue weighted by molar-refractivity contribution is 5.69. The lowest BCUT2D eigenvalue weighted by Gasteiger charge is -2.04. The van der Waals surface area contributed by atoms with Gasteiger partial charge >= 0.3 is 11.9 Å². The van der Waals surface area contributed by atoms with Crippen LogP contribution in [0.4, 0.5) is 0 Å². The Morgan fingerprint density at radius 3 is 1.30 bits per heavy atom. The lowest BCUT2D eigenvalue weighted by molar-refractivity contribution is -0.145. The average Bonchev–Trinajstić information content (AvgIpc) is 2.73. The fourth-order valence-electron chi connectivity index (χ4n) is 2.98. The van der Waals surface area contributed by atoms with Crippen LogP contribution < -0.4 is 0 Å². The van der Waals surface area contributed by atoms with Crippen molar-refractivity contribution in [1.82, 2.24) is 0 Å². The summed E-state index contributed by atoms with van der Waals surface area (Å²) in [5.74, 6) is -0.231. The molecule has 0 aliphatic carbocycles. The third-order valence-electron chi connectivity index (χ3n) is 4.77. The standard InChI is InChI=1S/C24H44O6/c1-27-19-21-29-23(25)17-15-13-11-9-7-5-3-4-6-8-10-12-14-16-18-24(26)30-22-20-28-2/h3-4H,5-22H2,1-2H3/b4-3+. The second kappa shape index (κ2) is 23.9. The minimum Gasteiger partial charge on any atom is -0.463 e. The van der Waals surface area contributed by atoms with E-state index in [2.05, 4.69) is 12.2 Å². The molecule has 0 aromatic carbocycles. The summed E-state index contributed by atoms with van der Waals surface area (Å²) in [4.78, 5) is 22.8. The molecule has 0 spiro atoms. The van der Waals surface area contributed by atoms with Crippen LogP contribution in [0.5, 0.6) is 0 Å². The molecule has 30 heavy (non-hydrogen) atoms. The lowest BCUT2D eigenvalue weighted by Crippen LogP contribution is -2.09. The summed E-state index contributed by atoms with van der Waals surface area (Å²) < 4.78 is 19.8. The minimum absolute atomic E-state index is 0.115. The van der Waals surface area contributed by atoms with Crippen LogP contribution in [0.3, 0.4) is 0 Å². The highest BCUT2D eigenvalue weighted by atomic mass is 16.6. The molecule has 0 saturated carbocycles. The first-order valence-corrected chi connectivity index (χ1v) is 11.6. The fourth-order valence-corrected chi connectivity index (χ4v) is 2.98. The molecule has 0 aromatic rings. The van der Waals surface area contributed by atoms with Crippen molar-refractivity contribution in [2.75, 3.05) is 40.6 Å². The molecule has 0 radical (unpaired) electrons. The molecular formula is C24H44O6. The van der Waals surface area contributed by atoms with E-state index in [0.717, 1.165) is 38.5 Å². The Labute approximate surface area is 183 Å². The third kappa shape index (κ3) is 22.9. The Morgan fingerprint density at radius 1 is 0.533 bits per heavy atom. The van der Waals surface area contributed by atoms with Gasteiger partial charge in [0.15, 0.2) is 0 Å². The third-order valence-corrected chi connectivity index (χ3v) is 4.77. The summed E-state index contributed by atoms with van der Waals surface area (Å²) >= 11 is 0. The van der Waals surface area contributed by atoms with Crippen molar-refractivity contribution in [3.63, 3.8) is 0 Å². The van der Waals surface area contributed by atoms with Crippen molar-refractivity contribution in [1.29, 1.82) is 0 Å². The summed E-state index contributed by atoms with van der Waals surface area (Å²) in [6, 6.07) is 0. The Hall–Kier alpha value is -1.40. The SMILES string of the molecule is COCCOC(=O)CCCCCCC/C=C/CCCCCCCC(=O)OCCOC. The molecule has 6 nitrogen and oxygen atoms in total. The van der Waals surface area contributed by atoms with Gasteiger partial charge in [-0.3, -0.25) is 9.59 Å². The van der Waals surface area contributed by atoms with E-state index in [1.807, 2.05) is 0 Å². The van der Waals surface area contributed by atoms with Crippen LogP contribution in [0.15, 0.2) is 12.2 Å². The Bertz CT molecular complexity index is 384. The van der Waals surface area contributed by atoms with Crippen LogP contribution in [0, 0.1) is 0 Å².